The second kappa shape index (κ2) is 10.6. The first-order chi connectivity index (χ1) is 15.4. The molecule has 0 saturated heterocycles. The van der Waals surface area contributed by atoms with Gasteiger partial charge in [-0.2, -0.15) is 0 Å². The highest BCUT2D eigenvalue weighted by molar-refractivity contribution is 5.96. The average Bonchev–Trinajstić information content (AvgIpc) is 2.78. The van der Waals surface area contributed by atoms with Gasteiger partial charge in [0.05, 0.1) is 13.2 Å². The number of ether oxygens (including phenoxy) is 1. The molecule has 0 saturated carbocycles. The van der Waals surface area contributed by atoms with E-state index in [1.165, 1.54) is 27.7 Å². The minimum absolute atomic E-state index is 0.00227. The van der Waals surface area contributed by atoms with Crippen molar-refractivity contribution in [1.82, 2.24) is 14.5 Å². The number of aromatic nitrogens is 2. The first kappa shape index (κ1) is 23.7. The van der Waals surface area contributed by atoms with Gasteiger partial charge in [0.15, 0.2) is 5.69 Å². The second-order valence-corrected chi connectivity index (χ2v) is 8.20. The number of carbonyl (C=O) groups is 1. The number of amides is 1. The number of methoxy groups -OCH3 is 1. The summed E-state index contributed by atoms with van der Waals surface area (Å²) in [5.41, 5.74) is 7.52. The molecule has 0 radical (unpaired) electrons. The fraction of sp³-hybridized carbons (Fsp3) is 0.522. The normalized spacial score (nSPS) is 15.6. The molecular weight excluding hydrogens is 410 g/mol. The number of nitrogen functional groups attached to an aromatic ring is 1. The maximum atomic E-state index is 13.4. The zero-order valence-corrected chi connectivity index (χ0v) is 19.1. The van der Waals surface area contributed by atoms with Gasteiger partial charge in [0.2, 0.25) is 5.91 Å². The van der Waals surface area contributed by atoms with Crippen LogP contribution < -0.4 is 21.9 Å². The van der Waals surface area contributed by atoms with Crippen LogP contribution in [0.3, 0.4) is 0 Å². The van der Waals surface area contributed by atoms with E-state index in [0.717, 1.165) is 19.3 Å². The fourth-order valence-electron chi connectivity index (χ4n) is 4.42. The van der Waals surface area contributed by atoms with Crippen molar-refractivity contribution in [3.63, 3.8) is 0 Å². The molecule has 1 amide bonds. The van der Waals surface area contributed by atoms with Crippen LogP contribution >= 0.6 is 0 Å². The van der Waals surface area contributed by atoms with Crippen molar-refractivity contribution in [3.8, 4) is 0 Å². The summed E-state index contributed by atoms with van der Waals surface area (Å²) in [5.74, 6) is -0.276. The Bertz CT molecular complexity index is 1060. The number of hydrogen-bond donors (Lipinski definition) is 2. The largest absolute Gasteiger partial charge is 0.383 e. The molecule has 0 fully saturated rings. The molecule has 0 spiro atoms. The number of likely N-dealkylation sites (N-methyl/N-ethyl adjacent to an activating group) is 1. The van der Waals surface area contributed by atoms with Crippen molar-refractivity contribution in [3.05, 3.63) is 56.2 Å². The van der Waals surface area contributed by atoms with Crippen LogP contribution in [0.25, 0.3) is 0 Å². The van der Waals surface area contributed by atoms with E-state index in [2.05, 4.69) is 17.1 Å². The molecule has 1 atom stereocenters. The van der Waals surface area contributed by atoms with Crippen LogP contribution in [0.2, 0.25) is 0 Å². The van der Waals surface area contributed by atoms with Crippen LogP contribution in [-0.2, 0) is 22.5 Å². The number of anilines is 2. The van der Waals surface area contributed by atoms with Crippen LogP contribution in [-0.4, -0.2) is 54.2 Å². The summed E-state index contributed by atoms with van der Waals surface area (Å²) < 4.78 is 6.46. The van der Waals surface area contributed by atoms with E-state index in [-0.39, 0.29) is 43.2 Å². The molecule has 1 aromatic carbocycles. The first-order valence-corrected chi connectivity index (χ1v) is 11.1. The first-order valence-electron chi connectivity index (χ1n) is 11.1. The molecule has 1 aliphatic carbocycles. The van der Waals surface area contributed by atoms with Gasteiger partial charge >= 0.3 is 5.69 Å². The predicted octanol–water partition coefficient (Wildman–Crippen LogP) is 1.52. The molecule has 1 aliphatic rings. The Morgan fingerprint density at radius 2 is 2.06 bits per heavy atom. The van der Waals surface area contributed by atoms with Crippen LogP contribution in [0.15, 0.2) is 33.9 Å². The number of benzene rings is 1. The minimum atomic E-state index is -0.671. The molecule has 174 valence electrons. The third-order valence-corrected chi connectivity index (χ3v) is 6.01. The Morgan fingerprint density at radius 3 is 2.78 bits per heavy atom. The SMILES string of the molecule is CCCn1c(N)c(N(CCOC)C(=O)CN(C)[C@@H]2CCCc3ccccc32)c(=O)[nH]c1=O. The van der Waals surface area contributed by atoms with Gasteiger partial charge in [-0.05, 0) is 43.9 Å². The summed E-state index contributed by atoms with van der Waals surface area (Å²) in [5, 5.41) is 0. The molecule has 1 aromatic heterocycles. The van der Waals surface area contributed by atoms with Crippen molar-refractivity contribution in [2.75, 3.05) is 44.5 Å². The predicted molar refractivity (Wildman–Crippen MR) is 125 cm³/mol. The van der Waals surface area contributed by atoms with Gasteiger partial charge in [0.25, 0.3) is 5.56 Å². The molecule has 0 aliphatic heterocycles. The Labute approximate surface area is 187 Å². The summed E-state index contributed by atoms with van der Waals surface area (Å²) in [6.45, 7) is 2.74. The zero-order valence-electron chi connectivity index (χ0n) is 19.1. The molecule has 32 heavy (non-hydrogen) atoms. The quantitative estimate of drug-likeness (QED) is 0.607. The highest BCUT2D eigenvalue weighted by atomic mass is 16.5. The molecule has 2 aromatic rings. The number of carbonyl (C=O) groups excluding carboxylic acids is 1. The Balaban J connectivity index is 1.91. The maximum Gasteiger partial charge on any atom is 0.330 e. The molecule has 1 heterocycles. The van der Waals surface area contributed by atoms with E-state index < -0.39 is 11.2 Å². The Hall–Kier alpha value is -2.91. The number of aryl methyl sites for hydroxylation is 1. The van der Waals surface area contributed by atoms with Crippen molar-refractivity contribution in [1.29, 1.82) is 0 Å². The lowest BCUT2D eigenvalue weighted by atomic mass is 9.87. The molecule has 0 unspecified atom stereocenters. The zero-order chi connectivity index (χ0) is 23.3. The molecular formula is C23H33N5O4. The fourth-order valence-corrected chi connectivity index (χ4v) is 4.42. The van der Waals surface area contributed by atoms with Gasteiger partial charge in [-0.25, -0.2) is 4.79 Å². The molecule has 3 rings (SSSR count). The van der Waals surface area contributed by atoms with Gasteiger partial charge in [0.1, 0.15) is 5.82 Å². The van der Waals surface area contributed by atoms with E-state index in [9.17, 15) is 14.4 Å². The number of nitrogens with one attached hydrogen (secondary N) is 1. The Morgan fingerprint density at radius 1 is 1.31 bits per heavy atom. The molecule has 9 nitrogen and oxygen atoms in total. The highest BCUT2D eigenvalue weighted by Gasteiger charge is 2.29. The third kappa shape index (κ3) is 4.94. The van der Waals surface area contributed by atoms with E-state index in [1.807, 2.05) is 31.0 Å². The van der Waals surface area contributed by atoms with Gasteiger partial charge < -0.3 is 15.4 Å². The van der Waals surface area contributed by atoms with E-state index in [4.69, 9.17) is 10.5 Å². The monoisotopic (exact) mass is 443 g/mol. The minimum Gasteiger partial charge on any atom is -0.383 e. The number of rotatable bonds is 9. The van der Waals surface area contributed by atoms with Crippen LogP contribution in [0.4, 0.5) is 11.5 Å². The van der Waals surface area contributed by atoms with Crippen molar-refractivity contribution in [2.24, 2.45) is 0 Å². The van der Waals surface area contributed by atoms with Gasteiger partial charge in [-0.1, -0.05) is 31.2 Å². The number of fused-ring (bicyclic) bond motifs is 1. The third-order valence-electron chi connectivity index (χ3n) is 6.01. The van der Waals surface area contributed by atoms with Crippen molar-refractivity contribution >= 4 is 17.4 Å². The molecule has 3 N–H and O–H groups in total. The van der Waals surface area contributed by atoms with Crippen LogP contribution in [0.1, 0.15) is 43.4 Å². The van der Waals surface area contributed by atoms with Gasteiger partial charge in [-0.15, -0.1) is 0 Å². The van der Waals surface area contributed by atoms with Gasteiger partial charge in [-0.3, -0.25) is 24.0 Å². The van der Waals surface area contributed by atoms with Crippen molar-refractivity contribution < 1.29 is 9.53 Å². The lowest BCUT2D eigenvalue weighted by Gasteiger charge is -2.34. The average molecular weight is 444 g/mol. The van der Waals surface area contributed by atoms with Crippen molar-refractivity contribution in [2.45, 2.75) is 45.2 Å². The molecule has 9 heteroatoms. The van der Waals surface area contributed by atoms with E-state index >= 15 is 0 Å². The Kier molecular flexibility index (Phi) is 7.87. The number of H-pyrrole nitrogens is 1. The smallest absolute Gasteiger partial charge is 0.330 e. The lowest BCUT2D eigenvalue weighted by molar-refractivity contribution is -0.120. The van der Waals surface area contributed by atoms with E-state index in [1.54, 1.807) is 0 Å². The maximum absolute atomic E-state index is 13.4. The summed E-state index contributed by atoms with van der Waals surface area (Å²) in [6.07, 6.45) is 3.72. The summed E-state index contributed by atoms with van der Waals surface area (Å²) in [6, 6.07) is 8.44. The topological polar surface area (TPSA) is 114 Å². The number of hydrogen-bond acceptors (Lipinski definition) is 6. The standard InChI is InChI=1S/C23H33N5O4/c1-4-12-28-21(24)20(22(30)25-23(28)31)27(13-14-32-3)19(29)15-26(2)18-11-7-9-16-8-5-6-10-17(16)18/h5-6,8,10,18H,4,7,9,11-15,24H2,1-3H3,(H,25,30,31)/t18-/m1/s1. The van der Waals surface area contributed by atoms with E-state index in [0.29, 0.717) is 13.0 Å². The highest BCUT2D eigenvalue weighted by Crippen LogP contribution is 2.33. The number of nitrogens with zero attached hydrogens (tertiary/aromatic N) is 3. The number of nitrogens with two attached hydrogens (primary N) is 1. The lowest BCUT2D eigenvalue weighted by Crippen LogP contribution is -2.46. The van der Waals surface area contributed by atoms with Crippen LogP contribution in [0.5, 0.6) is 0 Å². The summed E-state index contributed by atoms with van der Waals surface area (Å²) in [4.78, 5) is 43.9. The summed E-state index contributed by atoms with van der Waals surface area (Å²) >= 11 is 0. The number of aromatic amines is 1. The van der Waals surface area contributed by atoms with Gasteiger partial charge in [0, 0.05) is 26.2 Å². The van der Waals surface area contributed by atoms with Crippen LogP contribution in [0, 0.1) is 0 Å². The molecule has 0 bridgehead atoms. The second-order valence-electron chi connectivity index (χ2n) is 8.20. The summed E-state index contributed by atoms with van der Waals surface area (Å²) in [7, 11) is 3.45.